The number of hydrogen-bond donors (Lipinski definition) is 1. The molecule has 0 aliphatic rings. The Hall–Kier alpha value is -2.00. The summed E-state index contributed by atoms with van der Waals surface area (Å²) in [5.41, 5.74) is 1.10. The summed E-state index contributed by atoms with van der Waals surface area (Å²) in [6, 6.07) is 17.0. The number of benzene rings is 2. The Morgan fingerprint density at radius 3 is 2.64 bits per heavy atom. The van der Waals surface area contributed by atoms with Crippen LogP contribution in [0.15, 0.2) is 54.6 Å². The Morgan fingerprint density at radius 1 is 1.18 bits per heavy atom. The molecule has 2 rings (SSSR count). The van der Waals surface area contributed by atoms with Crippen molar-refractivity contribution in [3.63, 3.8) is 0 Å². The van der Waals surface area contributed by atoms with Gasteiger partial charge in [-0.2, -0.15) is 0 Å². The van der Waals surface area contributed by atoms with Gasteiger partial charge >= 0.3 is 0 Å². The van der Waals surface area contributed by atoms with Crippen LogP contribution in [-0.2, 0) is 11.2 Å². The summed E-state index contributed by atoms with van der Waals surface area (Å²) in [6.45, 7) is 2.50. The summed E-state index contributed by atoms with van der Waals surface area (Å²) in [7, 11) is 0. The Labute approximate surface area is 136 Å². The fourth-order valence-corrected chi connectivity index (χ4v) is 2.33. The van der Waals surface area contributed by atoms with Crippen LogP contribution in [0, 0.1) is 0 Å². The largest absolute Gasteiger partial charge is 0.481 e. The van der Waals surface area contributed by atoms with Crippen molar-refractivity contribution < 1.29 is 9.53 Å². The number of amides is 1. The molecule has 0 aliphatic carbocycles. The highest BCUT2D eigenvalue weighted by Crippen LogP contribution is 2.13. The molecule has 3 nitrogen and oxygen atoms in total. The Bertz CT molecular complexity index is 601. The molecule has 0 radical (unpaired) electrons. The van der Waals surface area contributed by atoms with E-state index in [0.717, 1.165) is 12.0 Å². The van der Waals surface area contributed by atoms with Crippen LogP contribution in [0.5, 0.6) is 5.75 Å². The van der Waals surface area contributed by atoms with Crippen LogP contribution < -0.4 is 10.1 Å². The van der Waals surface area contributed by atoms with E-state index in [-0.39, 0.29) is 5.91 Å². The van der Waals surface area contributed by atoms with Crippen LogP contribution >= 0.6 is 11.6 Å². The summed E-state index contributed by atoms with van der Waals surface area (Å²) in [4.78, 5) is 12.2. The molecule has 0 unspecified atom stereocenters. The maximum absolute atomic E-state index is 12.2. The van der Waals surface area contributed by atoms with Gasteiger partial charge in [0.1, 0.15) is 5.75 Å². The van der Waals surface area contributed by atoms with E-state index in [9.17, 15) is 4.79 Å². The number of rotatable bonds is 7. The SMILES string of the molecule is CC[C@@H](Oc1ccccc1)C(=O)NCCc1cccc(Cl)c1. The smallest absolute Gasteiger partial charge is 0.261 e. The topological polar surface area (TPSA) is 38.3 Å². The Kier molecular flexibility index (Phi) is 6.28. The van der Waals surface area contributed by atoms with Crippen molar-refractivity contribution in [2.45, 2.75) is 25.9 Å². The third-order valence-corrected chi connectivity index (χ3v) is 3.52. The third-order valence-electron chi connectivity index (χ3n) is 3.29. The molecule has 22 heavy (non-hydrogen) atoms. The lowest BCUT2D eigenvalue weighted by Gasteiger charge is -2.17. The molecule has 0 heterocycles. The highest BCUT2D eigenvalue weighted by Gasteiger charge is 2.17. The van der Waals surface area contributed by atoms with Crippen LogP contribution in [-0.4, -0.2) is 18.6 Å². The highest BCUT2D eigenvalue weighted by molar-refractivity contribution is 6.30. The maximum atomic E-state index is 12.2. The van der Waals surface area contributed by atoms with E-state index in [1.54, 1.807) is 0 Å². The number of halogens is 1. The summed E-state index contributed by atoms with van der Waals surface area (Å²) in [6.07, 6.45) is 0.896. The summed E-state index contributed by atoms with van der Waals surface area (Å²) >= 11 is 5.94. The third kappa shape index (κ3) is 5.08. The van der Waals surface area contributed by atoms with Gasteiger partial charge in [-0.15, -0.1) is 0 Å². The molecule has 116 valence electrons. The molecule has 2 aromatic carbocycles. The van der Waals surface area contributed by atoms with Crippen LogP contribution in [0.25, 0.3) is 0 Å². The molecule has 0 fully saturated rings. The number of hydrogen-bond acceptors (Lipinski definition) is 2. The fraction of sp³-hybridized carbons (Fsp3) is 0.278. The first-order valence-electron chi connectivity index (χ1n) is 7.43. The van der Waals surface area contributed by atoms with Crippen LogP contribution in [0.1, 0.15) is 18.9 Å². The summed E-state index contributed by atoms with van der Waals surface area (Å²) < 4.78 is 5.71. The molecule has 0 aromatic heterocycles. The van der Waals surface area contributed by atoms with Crippen molar-refractivity contribution in [1.29, 1.82) is 0 Å². The van der Waals surface area contributed by atoms with Gasteiger partial charge in [0, 0.05) is 11.6 Å². The molecule has 0 saturated heterocycles. The van der Waals surface area contributed by atoms with Crippen molar-refractivity contribution >= 4 is 17.5 Å². The molecule has 1 atom stereocenters. The van der Waals surface area contributed by atoms with E-state index in [1.807, 2.05) is 61.5 Å². The quantitative estimate of drug-likeness (QED) is 0.842. The first kappa shape index (κ1) is 16.4. The molecule has 1 N–H and O–H groups in total. The predicted octanol–water partition coefficient (Wildman–Crippen LogP) is 3.86. The molecule has 4 heteroatoms. The highest BCUT2D eigenvalue weighted by atomic mass is 35.5. The van der Waals surface area contributed by atoms with E-state index in [1.165, 1.54) is 0 Å². The van der Waals surface area contributed by atoms with E-state index >= 15 is 0 Å². The van der Waals surface area contributed by atoms with Gasteiger partial charge in [-0.05, 0) is 42.7 Å². The second kappa shape index (κ2) is 8.44. The first-order chi connectivity index (χ1) is 10.7. The van der Waals surface area contributed by atoms with Crippen LogP contribution in [0.4, 0.5) is 0 Å². The molecular formula is C18H20ClNO2. The summed E-state index contributed by atoms with van der Waals surface area (Å²) in [5, 5.41) is 3.63. The monoisotopic (exact) mass is 317 g/mol. The van der Waals surface area contributed by atoms with Crippen molar-refractivity contribution in [2.24, 2.45) is 0 Å². The predicted molar refractivity (Wildman–Crippen MR) is 89.3 cm³/mol. The minimum absolute atomic E-state index is 0.0895. The standard InChI is InChI=1S/C18H20ClNO2/c1-2-17(22-16-9-4-3-5-10-16)18(21)20-12-11-14-7-6-8-15(19)13-14/h3-10,13,17H,2,11-12H2,1H3,(H,20,21)/t17-/m1/s1. The van der Waals surface area contributed by atoms with Crippen molar-refractivity contribution in [3.05, 3.63) is 65.2 Å². The van der Waals surface area contributed by atoms with Gasteiger partial charge in [0.2, 0.25) is 0 Å². The van der Waals surface area contributed by atoms with E-state index < -0.39 is 6.10 Å². The molecular weight excluding hydrogens is 298 g/mol. The Balaban J connectivity index is 1.82. The molecule has 0 saturated carbocycles. The van der Waals surface area contributed by atoms with E-state index in [2.05, 4.69) is 5.32 Å². The van der Waals surface area contributed by atoms with Crippen molar-refractivity contribution in [1.82, 2.24) is 5.32 Å². The van der Waals surface area contributed by atoms with Gasteiger partial charge in [0.15, 0.2) is 6.10 Å². The van der Waals surface area contributed by atoms with Gasteiger partial charge in [0.05, 0.1) is 0 Å². The van der Waals surface area contributed by atoms with E-state index in [4.69, 9.17) is 16.3 Å². The second-order valence-corrected chi connectivity index (χ2v) is 5.44. The zero-order valence-corrected chi connectivity index (χ0v) is 13.3. The average Bonchev–Trinajstić information content (AvgIpc) is 2.53. The first-order valence-corrected chi connectivity index (χ1v) is 7.80. The number of carbonyl (C=O) groups excluding carboxylic acids is 1. The summed E-state index contributed by atoms with van der Waals surface area (Å²) in [5.74, 6) is 0.618. The van der Waals surface area contributed by atoms with Gasteiger partial charge in [-0.25, -0.2) is 0 Å². The lowest BCUT2D eigenvalue weighted by Crippen LogP contribution is -2.38. The van der Waals surface area contributed by atoms with Gasteiger partial charge in [-0.1, -0.05) is 48.9 Å². The minimum atomic E-state index is -0.471. The second-order valence-electron chi connectivity index (χ2n) is 5.00. The molecule has 0 aliphatic heterocycles. The lowest BCUT2D eigenvalue weighted by molar-refractivity contribution is -0.128. The minimum Gasteiger partial charge on any atom is -0.481 e. The Morgan fingerprint density at radius 2 is 1.95 bits per heavy atom. The lowest BCUT2D eigenvalue weighted by atomic mass is 10.1. The van der Waals surface area contributed by atoms with Gasteiger partial charge in [-0.3, -0.25) is 4.79 Å². The van der Waals surface area contributed by atoms with E-state index in [0.29, 0.717) is 23.7 Å². The normalized spacial score (nSPS) is 11.7. The average molecular weight is 318 g/mol. The number of nitrogens with one attached hydrogen (secondary N) is 1. The number of para-hydroxylation sites is 1. The molecule has 0 spiro atoms. The van der Waals surface area contributed by atoms with Crippen LogP contribution in [0.2, 0.25) is 5.02 Å². The van der Waals surface area contributed by atoms with Gasteiger partial charge in [0.25, 0.3) is 5.91 Å². The fourth-order valence-electron chi connectivity index (χ4n) is 2.12. The van der Waals surface area contributed by atoms with Crippen molar-refractivity contribution in [3.8, 4) is 5.75 Å². The zero-order chi connectivity index (χ0) is 15.8. The number of carbonyl (C=O) groups is 1. The molecule has 1 amide bonds. The molecule has 2 aromatic rings. The van der Waals surface area contributed by atoms with Gasteiger partial charge < -0.3 is 10.1 Å². The molecule has 0 bridgehead atoms. The number of ether oxygens (including phenoxy) is 1. The zero-order valence-electron chi connectivity index (χ0n) is 12.6. The van der Waals surface area contributed by atoms with Crippen molar-refractivity contribution in [2.75, 3.05) is 6.54 Å². The van der Waals surface area contributed by atoms with Crippen LogP contribution in [0.3, 0.4) is 0 Å². The maximum Gasteiger partial charge on any atom is 0.261 e.